The monoisotopic (exact) mass is 222 g/mol. The van der Waals surface area contributed by atoms with Crippen LogP contribution in [-0.2, 0) is 17.6 Å². The Kier molecular flexibility index (Phi) is 3.36. The van der Waals surface area contributed by atoms with Gasteiger partial charge in [-0.05, 0) is 33.1 Å². The van der Waals surface area contributed by atoms with Crippen LogP contribution in [0.3, 0.4) is 0 Å². The summed E-state index contributed by atoms with van der Waals surface area (Å²) in [7, 11) is 0. The van der Waals surface area contributed by atoms with Gasteiger partial charge in [0.25, 0.3) is 0 Å². The van der Waals surface area contributed by atoms with Crippen molar-refractivity contribution in [2.75, 3.05) is 12.0 Å². The van der Waals surface area contributed by atoms with Crippen molar-refractivity contribution in [3.8, 4) is 0 Å². The van der Waals surface area contributed by atoms with Crippen LogP contribution in [0.25, 0.3) is 0 Å². The lowest BCUT2D eigenvalue weighted by Gasteiger charge is -2.14. The molecule has 0 saturated carbocycles. The molecule has 16 heavy (non-hydrogen) atoms. The number of nitrogens with one attached hydrogen (secondary N) is 1. The van der Waals surface area contributed by atoms with Crippen molar-refractivity contribution in [1.29, 1.82) is 0 Å². The molecule has 0 aliphatic heterocycles. The predicted octanol–water partition coefficient (Wildman–Crippen LogP) is 1.35. The van der Waals surface area contributed by atoms with Crippen molar-refractivity contribution >= 4 is 5.82 Å². The number of ether oxygens (including phenoxy) is 1. The van der Waals surface area contributed by atoms with Crippen molar-refractivity contribution in [3.63, 3.8) is 0 Å². The van der Waals surface area contributed by atoms with E-state index in [0.29, 0.717) is 6.61 Å². The van der Waals surface area contributed by atoms with E-state index in [1.165, 1.54) is 0 Å². The Morgan fingerprint density at radius 1 is 1.44 bits per heavy atom. The van der Waals surface area contributed by atoms with Crippen LogP contribution in [0.4, 0.5) is 5.82 Å². The molecule has 0 radical (unpaired) electrons. The number of rotatable bonds is 4. The fourth-order valence-electron chi connectivity index (χ4n) is 2.08. The highest BCUT2D eigenvalue weighted by atomic mass is 16.5. The molecule has 0 bridgehead atoms. The fraction of sp³-hybridized carbons (Fsp3) is 0.636. The number of nitrogens with zero attached hydrogens (tertiary/aromatic N) is 2. The van der Waals surface area contributed by atoms with E-state index >= 15 is 0 Å². The first kappa shape index (κ1) is 11.3. The molecule has 2 rings (SSSR count). The van der Waals surface area contributed by atoms with Crippen LogP contribution in [-0.4, -0.2) is 16.6 Å². The van der Waals surface area contributed by atoms with Gasteiger partial charge in [0.05, 0.1) is 0 Å². The highest BCUT2D eigenvalue weighted by Gasteiger charge is 2.20. The molecule has 0 fully saturated rings. The number of hydrogen-bond acceptors (Lipinski definition) is 5. The van der Waals surface area contributed by atoms with Gasteiger partial charge in [0, 0.05) is 17.9 Å². The van der Waals surface area contributed by atoms with Gasteiger partial charge in [0.15, 0.2) is 5.82 Å². The quantitative estimate of drug-likeness (QED) is 0.594. The van der Waals surface area contributed by atoms with Gasteiger partial charge in [0.2, 0.25) is 0 Å². The lowest BCUT2D eigenvalue weighted by Crippen LogP contribution is -2.15. The SMILES string of the molecule is CCOC(C)c1nc2c(c(NN)n1)CCC2. The van der Waals surface area contributed by atoms with E-state index in [9.17, 15) is 0 Å². The summed E-state index contributed by atoms with van der Waals surface area (Å²) in [6.45, 7) is 4.58. The Labute approximate surface area is 95.4 Å². The first-order valence-corrected chi connectivity index (χ1v) is 5.74. The van der Waals surface area contributed by atoms with E-state index in [1.807, 2.05) is 13.8 Å². The number of anilines is 1. The normalized spacial score (nSPS) is 15.9. The summed E-state index contributed by atoms with van der Waals surface area (Å²) in [4.78, 5) is 8.96. The Morgan fingerprint density at radius 3 is 2.94 bits per heavy atom. The van der Waals surface area contributed by atoms with Crippen molar-refractivity contribution in [2.24, 2.45) is 5.84 Å². The number of aromatic nitrogens is 2. The minimum Gasteiger partial charge on any atom is -0.371 e. The minimum atomic E-state index is -0.0806. The predicted molar refractivity (Wildman–Crippen MR) is 61.9 cm³/mol. The zero-order valence-corrected chi connectivity index (χ0v) is 9.79. The number of nitrogen functional groups attached to an aromatic ring is 1. The third-order valence-corrected chi connectivity index (χ3v) is 2.87. The van der Waals surface area contributed by atoms with Gasteiger partial charge in [-0.15, -0.1) is 0 Å². The van der Waals surface area contributed by atoms with Crippen LogP contribution in [0.2, 0.25) is 0 Å². The van der Waals surface area contributed by atoms with Gasteiger partial charge >= 0.3 is 0 Å². The van der Waals surface area contributed by atoms with Crippen molar-refractivity contribution in [1.82, 2.24) is 9.97 Å². The van der Waals surface area contributed by atoms with Crippen molar-refractivity contribution in [3.05, 3.63) is 17.1 Å². The summed E-state index contributed by atoms with van der Waals surface area (Å²) in [6, 6.07) is 0. The molecule has 1 atom stereocenters. The van der Waals surface area contributed by atoms with Crippen molar-refractivity contribution < 1.29 is 4.74 Å². The summed E-state index contributed by atoms with van der Waals surface area (Å²) < 4.78 is 5.49. The van der Waals surface area contributed by atoms with Gasteiger partial charge < -0.3 is 10.2 Å². The van der Waals surface area contributed by atoms with E-state index in [1.54, 1.807) is 0 Å². The van der Waals surface area contributed by atoms with E-state index in [-0.39, 0.29) is 6.10 Å². The average Bonchev–Trinajstić information content (AvgIpc) is 2.75. The Hall–Kier alpha value is -1.20. The third kappa shape index (κ3) is 2.01. The fourth-order valence-corrected chi connectivity index (χ4v) is 2.08. The largest absolute Gasteiger partial charge is 0.371 e. The molecular weight excluding hydrogens is 204 g/mol. The molecule has 5 nitrogen and oxygen atoms in total. The highest BCUT2D eigenvalue weighted by Crippen LogP contribution is 2.27. The molecule has 3 N–H and O–H groups in total. The summed E-state index contributed by atoms with van der Waals surface area (Å²) >= 11 is 0. The van der Waals surface area contributed by atoms with Crippen LogP contribution < -0.4 is 11.3 Å². The molecule has 88 valence electrons. The van der Waals surface area contributed by atoms with Crippen LogP contribution in [0.15, 0.2) is 0 Å². The maximum atomic E-state index is 5.49. The van der Waals surface area contributed by atoms with Gasteiger partial charge in [-0.2, -0.15) is 0 Å². The summed E-state index contributed by atoms with van der Waals surface area (Å²) in [5, 5.41) is 0. The number of fused-ring (bicyclic) bond motifs is 1. The Balaban J connectivity index is 2.34. The maximum absolute atomic E-state index is 5.49. The molecule has 1 heterocycles. The lowest BCUT2D eigenvalue weighted by molar-refractivity contribution is 0.0700. The molecule has 1 aliphatic rings. The molecule has 1 aromatic rings. The Bertz CT molecular complexity index is 380. The smallest absolute Gasteiger partial charge is 0.159 e. The second-order valence-electron chi connectivity index (χ2n) is 3.95. The average molecular weight is 222 g/mol. The topological polar surface area (TPSA) is 73.1 Å². The molecule has 1 unspecified atom stereocenters. The van der Waals surface area contributed by atoms with Gasteiger partial charge in [-0.1, -0.05) is 0 Å². The molecule has 0 spiro atoms. The molecule has 0 amide bonds. The maximum Gasteiger partial charge on any atom is 0.159 e. The number of hydrazine groups is 1. The number of hydrogen-bond donors (Lipinski definition) is 2. The minimum absolute atomic E-state index is 0.0806. The molecule has 1 aromatic heterocycles. The van der Waals surface area contributed by atoms with E-state index in [4.69, 9.17) is 10.6 Å². The molecule has 5 heteroatoms. The van der Waals surface area contributed by atoms with Gasteiger partial charge in [-0.3, -0.25) is 0 Å². The molecular formula is C11H18N4O. The molecule has 1 aliphatic carbocycles. The lowest BCUT2D eigenvalue weighted by atomic mass is 10.2. The van der Waals surface area contributed by atoms with Crippen LogP contribution in [0.1, 0.15) is 43.5 Å². The van der Waals surface area contributed by atoms with Crippen molar-refractivity contribution in [2.45, 2.75) is 39.2 Å². The third-order valence-electron chi connectivity index (χ3n) is 2.87. The van der Waals surface area contributed by atoms with E-state index in [2.05, 4.69) is 15.4 Å². The summed E-state index contributed by atoms with van der Waals surface area (Å²) in [5.74, 6) is 6.96. The number of nitrogens with two attached hydrogens (primary N) is 1. The molecule has 0 aromatic carbocycles. The molecule has 0 saturated heterocycles. The van der Waals surface area contributed by atoms with Crippen LogP contribution >= 0.6 is 0 Å². The first-order chi connectivity index (χ1) is 7.76. The van der Waals surface area contributed by atoms with Gasteiger partial charge in [0.1, 0.15) is 11.9 Å². The standard InChI is InChI=1S/C11H18N4O/c1-3-16-7(2)10-13-9-6-4-5-8(9)11(14-10)15-12/h7H,3-6,12H2,1-2H3,(H,13,14,15). The number of aryl methyl sites for hydroxylation is 1. The second-order valence-corrected chi connectivity index (χ2v) is 3.95. The second kappa shape index (κ2) is 4.76. The zero-order valence-electron chi connectivity index (χ0n) is 9.79. The highest BCUT2D eigenvalue weighted by molar-refractivity contribution is 5.47. The van der Waals surface area contributed by atoms with Gasteiger partial charge in [-0.25, -0.2) is 15.8 Å². The zero-order chi connectivity index (χ0) is 11.5. The van der Waals surface area contributed by atoms with Crippen LogP contribution in [0, 0.1) is 0 Å². The Morgan fingerprint density at radius 2 is 2.25 bits per heavy atom. The summed E-state index contributed by atoms with van der Waals surface area (Å²) in [6.07, 6.45) is 3.07. The first-order valence-electron chi connectivity index (χ1n) is 5.74. The van der Waals surface area contributed by atoms with E-state index < -0.39 is 0 Å². The summed E-state index contributed by atoms with van der Waals surface area (Å²) in [5.41, 5.74) is 4.94. The van der Waals surface area contributed by atoms with E-state index in [0.717, 1.165) is 42.2 Å². The van der Waals surface area contributed by atoms with Crippen LogP contribution in [0.5, 0.6) is 0 Å².